The lowest BCUT2D eigenvalue weighted by atomic mass is 10.4. The second kappa shape index (κ2) is 4.47. The molecule has 0 spiro atoms. The molecule has 1 aliphatic heterocycles. The fourth-order valence-corrected chi connectivity index (χ4v) is 2.15. The first-order valence-electron chi connectivity index (χ1n) is 3.80. The number of carbonyl (C=O) groups excluding carboxylic acids is 2. The molecule has 1 unspecified atom stereocenters. The number of hydrogen-bond acceptors (Lipinski definition) is 4. The largest absolute Gasteiger partial charge is 0.322 e. The van der Waals surface area contributed by atoms with E-state index in [2.05, 4.69) is 5.32 Å². The Labute approximate surface area is 75.7 Å². The third-order valence-corrected chi connectivity index (χ3v) is 2.82. The van der Waals surface area contributed by atoms with Gasteiger partial charge in [-0.05, 0) is 7.05 Å². The summed E-state index contributed by atoms with van der Waals surface area (Å²) in [6.07, 6.45) is 0.825. The molecular weight excluding hydrogens is 176 g/mol. The summed E-state index contributed by atoms with van der Waals surface area (Å²) in [7, 11) is 1.72. The standard InChI is InChI=1S/C7H12N2O2S/c1-8-4-6(11)9-2-3-12-7(9)5-10/h5,7-8H,2-4H2,1H3. The van der Waals surface area contributed by atoms with Crippen molar-refractivity contribution < 1.29 is 9.59 Å². The molecule has 1 saturated heterocycles. The second-order valence-electron chi connectivity index (χ2n) is 2.51. The highest BCUT2D eigenvalue weighted by Crippen LogP contribution is 2.21. The molecule has 12 heavy (non-hydrogen) atoms. The highest BCUT2D eigenvalue weighted by molar-refractivity contribution is 8.00. The normalized spacial score (nSPS) is 22.8. The maximum atomic E-state index is 11.3. The zero-order valence-electron chi connectivity index (χ0n) is 6.95. The van der Waals surface area contributed by atoms with Crippen LogP contribution in [0, 0.1) is 0 Å². The van der Waals surface area contributed by atoms with Crippen LogP contribution in [0.3, 0.4) is 0 Å². The van der Waals surface area contributed by atoms with Crippen LogP contribution in [0.4, 0.5) is 0 Å². The molecule has 1 atom stereocenters. The van der Waals surface area contributed by atoms with Gasteiger partial charge in [0.1, 0.15) is 5.37 Å². The first kappa shape index (κ1) is 9.54. The number of nitrogens with zero attached hydrogens (tertiary/aromatic N) is 1. The van der Waals surface area contributed by atoms with Gasteiger partial charge in [0, 0.05) is 12.3 Å². The monoisotopic (exact) mass is 188 g/mol. The summed E-state index contributed by atoms with van der Waals surface area (Å²) >= 11 is 1.51. The first-order chi connectivity index (χ1) is 5.79. The van der Waals surface area contributed by atoms with Crippen LogP contribution in [0.15, 0.2) is 0 Å². The fraction of sp³-hybridized carbons (Fsp3) is 0.714. The van der Waals surface area contributed by atoms with Crippen molar-refractivity contribution in [2.75, 3.05) is 25.9 Å². The van der Waals surface area contributed by atoms with Gasteiger partial charge in [-0.3, -0.25) is 4.79 Å². The van der Waals surface area contributed by atoms with Crippen molar-refractivity contribution in [3.8, 4) is 0 Å². The van der Waals surface area contributed by atoms with Crippen molar-refractivity contribution in [2.45, 2.75) is 5.37 Å². The van der Waals surface area contributed by atoms with E-state index in [0.29, 0.717) is 13.1 Å². The van der Waals surface area contributed by atoms with E-state index in [0.717, 1.165) is 12.0 Å². The summed E-state index contributed by atoms with van der Waals surface area (Å²) in [6, 6.07) is 0. The Kier molecular flexibility index (Phi) is 3.55. The van der Waals surface area contributed by atoms with E-state index >= 15 is 0 Å². The first-order valence-corrected chi connectivity index (χ1v) is 4.85. The molecule has 0 aliphatic carbocycles. The van der Waals surface area contributed by atoms with Crippen molar-refractivity contribution in [3.05, 3.63) is 0 Å². The van der Waals surface area contributed by atoms with Crippen LogP contribution < -0.4 is 5.32 Å². The molecule has 0 saturated carbocycles. The number of hydrogen-bond donors (Lipinski definition) is 1. The minimum atomic E-state index is -0.258. The Morgan fingerprint density at radius 1 is 1.83 bits per heavy atom. The molecule has 1 fully saturated rings. The van der Waals surface area contributed by atoms with Crippen molar-refractivity contribution in [2.24, 2.45) is 0 Å². The van der Waals surface area contributed by atoms with Gasteiger partial charge in [-0.1, -0.05) is 0 Å². The van der Waals surface area contributed by atoms with Crippen LogP contribution in [0.25, 0.3) is 0 Å². The van der Waals surface area contributed by atoms with Gasteiger partial charge in [-0.2, -0.15) is 0 Å². The molecule has 0 aromatic heterocycles. The smallest absolute Gasteiger partial charge is 0.237 e. The van der Waals surface area contributed by atoms with Gasteiger partial charge in [0.05, 0.1) is 6.54 Å². The van der Waals surface area contributed by atoms with Crippen LogP contribution in [-0.4, -0.2) is 48.4 Å². The molecule has 1 aliphatic rings. The molecule has 0 radical (unpaired) electrons. The summed E-state index contributed by atoms with van der Waals surface area (Å²) in [6.45, 7) is 0.999. The number of rotatable bonds is 3. The van der Waals surface area contributed by atoms with Gasteiger partial charge < -0.3 is 15.0 Å². The van der Waals surface area contributed by atoms with Crippen molar-refractivity contribution >= 4 is 24.0 Å². The SMILES string of the molecule is CNCC(=O)N1CCSC1C=O. The molecular formula is C7H12N2O2S. The molecule has 68 valence electrons. The summed E-state index contributed by atoms with van der Waals surface area (Å²) in [5.74, 6) is 0.860. The van der Waals surface area contributed by atoms with Gasteiger partial charge in [0.2, 0.25) is 5.91 Å². The number of nitrogens with one attached hydrogen (secondary N) is 1. The van der Waals surface area contributed by atoms with Crippen LogP contribution in [0.2, 0.25) is 0 Å². The molecule has 4 nitrogen and oxygen atoms in total. The van der Waals surface area contributed by atoms with Gasteiger partial charge in [0.15, 0.2) is 6.29 Å². The van der Waals surface area contributed by atoms with Crippen LogP contribution in [0.1, 0.15) is 0 Å². The van der Waals surface area contributed by atoms with Crippen molar-refractivity contribution in [1.29, 1.82) is 0 Å². The number of thioether (sulfide) groups is 1. The molecule has 1 amide bonds. The average molecular weight is 188 g/mol. The van der Waals surface area contributed by atoms with Crippen LogP contribution in [0.5, 0.6) is 0 Å². The molecule has 0 aromatic rings. The van der Waals surface area contributed by atoms with E-state index in [1.54, 1.807) is 11.9 Å². The topological polar surface area (TPSA) is 49.4 Å². The van der Waals surface area contributed by atoms with E-state index in [1.807, 2.05) is 0 Å². The molecule has 1 N–H and O–H groups in total. The Hall–Kier alpha value is -0.550. The van der Waals surface area contributed by atoms with E-state index in [4.69, 9.17) is 0 Å². The van der Waals surface area contributed by atoms with E-state index < -0.39 is 0 Å². The quantitative estimate of drug-likeness (QED) is 0.595. The van der Waals surface area contributed by atoms with Crippen molar-refractivity contribution in [3.63, 3.8) is 0 Å². The minimum Gasteiger partial charge on any atom is -0.322 e. The van der Waals surface area contributed by atoms with Crippen LogP contribution in [-0.2, 0) is 9.59 Å². The predicted octanol–water partition coefficient (Wildman–Crippen LogP) is -0.694. The summed E-state index contributed by atoms with van der Waals surface area (Å²) < 4.78 is 0. The Morgan fingerprint density at radius 3 is 3.17 bits per heavy atom. The maximum Gasteiger partial charge on any atom is 0.237 e. The van der Waals surface area contributed by atoms with Gasteiger partial charge >= 0.3 is 0 Å². The number of aldehydes is 1. The Balaban J connectivity index is 2.49. The third-order valence-electron chi connectivity index (χ3n) is 1.69. The second-order valence-corrected chi connectivity index (χ2v) is 3.74. The maximum absolute atomic E-state index is 11.3. The number of carbonyl (C=O) groups is 2. The average Bonchev–Trinajstić information content (AvgIpc) is 2.51. The lowest BCUT2D eigenvalue weighted by Crippen LogP contribution is -2.40. The lowest BCUT2D eigenvalue weighted by molar-refractivity contribution is -0.132. The summed E-state index contributed by atoms with van der Waals surface area (Å²) in [4.78, 5) is 23.4. The third kappa shape index (κ3) is 1.98. The fourth-order valence-electron chi connectivity index (χ4n) is 1.12. The summed E-state index contributed by atoms with van der Waals surface area (Å²) in [5, 5.41) is 2.51. The molecule has 0 aromatic carbocycles. The van der Waals surface area contributed by atoms with Crippen molar-refractivity contribution in [1.82, 2.24) is 10.2 Å². The van der Waals surface area contributed by atoms with Gasteiger partial charge in [-0.15, -0.1) is 11.8 Å². The highest BCUT2D eigenvalue weighted by atomic mass is 32.2. The minimum absolute atomic E-state index is 0.000370. The van der Waals surface area contributed by atoms with E-state index in [1.165, 1.54) is 11.8 Å². The number of amides is 1. The molecule has 1 heterocycles. The Bertz CT molecular complexity index is 186. The van der Waals surface area contributed by atoms with Gasteiger partial charge in [0.25, 0.3) is 0 Å². The van der Waals surface area contributed by atoms with E-state index in [9.17, 15) is 9.59 Å². The van der Waals surface area contributed by atoms with Crippen LogP contribution >= 0.6 is 11.8 Å². The Morgan fingerprint density at radius 2 is 2.58 bits per heavy atom. The van der Waals surface area contributed by atoms with E-state index in [-0.39, 0.29) is 11.3 Å². The lowest BCUT2D eigenvalue weighted by Gasteiger charge is -2.18. The number of likely N-dealkylation sites (N-methyl/N-ethyl adjacent to an activating group) is 1. The molecule has 5 heteroatoms. The predicted molar refractivity (Wildman–Crippen MR) is 47.9 cm³/mol. The zero-order chi connectivity index (χ0) is 8.97. The molecule has 0 bridgehead atoms. The molecule has 1 rings (SSSR count). The highest BCUT2D eigenvalue weighted by Gasteiger charge is 2.27. The zero-order valence-corrected chi connectivity index (χ0v) is 7.76. The van der Waals surface area contributed by atoms with Gasteiger partial charge in [-0.25, -0.2) is 0 Å². The summed E-state index contributed by atoms with van der Waals surface area (Å²) in [5.41, 5.74) is 0.